The fraction of sp³-hybridized carbons (Fsp3) is 0.818. The van der Waals surface area contributed by atoms with E-state index in [2.05, 4.69) is 9.47 Å². The molecule has 106 valence electrons. The van der Waals surface area contributed by atoms with Crippen LogP contribution in [0.1, 0.15) is 12.8 Å². The standard InChI is InChI=1S/C11H20O5S2/c1-15-10(13)7-17-6-9(4-3-5-12)18-8-11(14)16-2/h9,12H,3-8H2,1-2H3. The molecule has 0 aromatic heterocycles. The summed E-state index contributed by atoms with van der Waals surface area (Å²) in [7, 11) is 2.72. The van der Waals surface area contributed by atoms with Crippen LogP contribution < -0.4 is 0 Å². The van der Waals surface area contributed by atoms with Crippen molar-refractivity contribution in [2.75, 3.05) is 38.1 Å². The van der Waals surface area contributed by atoms with Crippen LogP contribution in [0.5, 0.6) is 0 Å². The Labute approximate surface area is 116 Å². The van der Waals surface area contributed by atoms with Gasteiger partial charge in [-0.2, -0.15) is 0 Å². The fourth-order valence-corrected chi connectivity index (χ4v) is 3.44. The van der Waals surface area contributed by atoms with Crippen molar-refractivity contribution in [3.63, 3.8) is 0 Å². The lowest BCUT2D eigenvalue weighted by Gasteiger charge is -2.14. The Hall–Kier alpha value is -0.400. The maximum Gasteiger partial charge on any atom is 0.315 e. The van der Waals surface area contributed by atoms with Crippen LogP contribution in [0.3, 0.4) is 0 Å². The van der Waals surface area contributed by atoms with Gasteiger partial charge in [0.1, 0.15) is 0 Å². The number of carbonyl (C=O) groups excluding carboxylic acids is 2. The molecule has 1 N–H and O–H groups in total. The largest absolute Gasteiger partial charge is 0.468 e. The minimum atomic E-state index is -0.257. The first-order chi connectivity index (χ1) is 8.63. The van der Waals surface area contributed by atoms with Gasteiger partial charge in [0.15, 0.2) is 0 Å². The topological polar surface area (TPSA) is 72.8 Å². The third-order valence-electron chi connectivity index (χ3n) is 2.10. The van der Waals surface area contributed by atoms with Crippen LogP contribution in [-0.2, 0) is 19.1 Å². The van der Waals surface area contributed by atoms with Gasteiger partial charge >= 0.3 is 11.9 Å². The second-order valence-electron chi connectivity index (χ2n) is 3.47. The Morgan fingerprint density at radius 1 is 1.17 bits per heavy atom. The summed E-state index contributed by atoms with van der Waals surface area (Å²) in [4.78, 5) is 22.0. The van der Waals surface area contributed by atoms with Crippen LogP contribution in [-0.4, -0.2) is 60.4 Å². The molecule has 7 heteroatoms. The Kier molecular flexibility index (Phi) is 11.4. The highest BCUT2D eigenvalue weighted by atomic mass is 32.2. The molecular formula is C11H20O5S2. The van der Waals surface area contributed by atoms with Gasteiger partial charge in [0.05, 0.1) is 25.7 Å². The van der Waals surface area contributed by atoms with Crippen LogP contribution in [0.4, 0.5) is 0 Å². The highest BCUT2D eigenvalue weighted by Crippen LogP contribution is 2.21. The van der Waals surface area contributed by atoms with E-state index in [1.165, 1.54) is 37.7 Å². The van der Waals surface area contributed by atoms with E-state index in [0.29, 0.717) is 17.9 Å². The predicted octanol–water partition coefficient (Wildman–Crippen LogP) is 0.940. The molecule has 1 unspecified atom stereocenters. The molecule has 0 aromatic carbocycles. The van der Waals surface area contributed by atoms with E-state index in [1.54, 1.807) is 0 Å². The molecule has 0 aromatic rings. The number of ether oxygens (including phenoxy) is 2. The molecule has 0 spiro atoms. The first-order valence-electron chi connectivity index (χ1n) is 5.57. The Balaban J connectivity index is 3.90. The molecule has 0 amide bonds. The summed E-state index contributed by atoms with van der Waals surface area (Å²) in [5, 5.41) is 9.04. The molecule has 0 bridgehead atoms. The average molecular weight is 296 g/mol. The molecule has 0 radical (unpaired) electrons. The highest BCUT2D eigenvalue weighted by Gasteiger charge is 2.13. The molecule has 0 heterocycles. The minimum Gasteiger partial charge on any atom is -0.468 e. The lowest BCUT2D eigenvalue weighted by Crippen LogP contribution is -2.14. The van der Waals surface area contributed by atoms with Crippen molar-refractivity contribution in [2.24, 2.45) is 0 Å². The van der Waals surface area contributed by atoms with Crippen LogP contribution in [0.2, 0.25) is 0 Å². The van der Waals surface area contributed by atoms with E-state index in [-0.39, 0.29) is 23.8 Å². The van der Waals surface area contributed by atoms with Crippen LogP contribution >= 0.6 is 23.5 Å². The summed E-state index contributed by atoms with van der Waals surface area (Å²) in [6.45, 7) is 0.136. The zero-order chi connectivity index (χ0) is 13.8. The van der Waals surface area contributed by atoms with Gasteiger partial charge in [0.2, 0.25) is 0 Å². The molecule has 0 saturated heterocycles. The molecule has 0 aliphatic heterocycles. The summed E-state index contributed by atoms with van der Waals surface area (Å²) in [6.07, 6.45) is 1.50. The number of aliphatic hydroxyl groups excluding tert-OH is 1. The maximum atomic E-state index is 11.0. The van der Waals surface area contributed by atoms with E-state index >= 15 is 0 Å². The number of hydrogen-bond donors (Lipinski definition) is 1. The zero-order valence-electron chi connectivity index (χ0n) is 10.7. The smallest absolute Gasteiger partial charge is 0.315 e. The molecule has 18 heavy (non-hydrogen) atoms. The van der Waals surface area contributed by atoms with E-state index in [1.807, 2.05) is 0 Å². The van der Waals surface area contributed by atoms with E-state index < -0.39 is 0 Å². The first kappa shape index (κ1) is 17.6. The van der Waals surface area contributed by atoms with Gasteiger partial charge in [-0.1, -0.05) is 0 Å². The highest BCUT2D eigenvalue weighted by molar-refractivity contribution is 8.04. The van der Waals surface area contributed by atoms with Crippen molar-refractivity contribution >= 4 is 35.5 Å². The van der Waals surface area contributed by atoms with E-state index in [4.69, 9.17) is 5.11 Å². The first-order valence-corrected chi connectivity index (χ1v) is 7.78. The molecule has 1 atom stereocenters. The number of hydrogen-bond acceptors (Lipinski definition) is 7. The Morgan fingerprint density at radius 2 is 1.78 bits per heavy atom. The predicted molar refractivity (Wildman–Crippen MR) is 73.9 cm³/mol. The lowest BCUT2D eigenvalue weighted by atomic mass is 10.2. The van der Waals surface area contributed by atoms with Crippen molar-refractivity contribution in [2.45, 2.75) is 18.1 Å². The summed E-state index contributed by atoms with van der Waals surface area (Å²) in [6, 6.07) is 0. The molecule has 0 aliphatic rings. The number of esters is 2. The molecule has 0 rings (SSSR count). The molecular weight excluding hydrogens is 276 g/mol. The van der Waals surface area contributed by atoms with Gasteiger partial charge in [0.25, 0.3) is 0 Å². The number of thioether (sulfide) groups is 2. The summed E-state index contributed by atoms with van der Waals surface area (Å²) < 4.78 is 9.12. The third kappa shape index (κ3) is 9.61. The number of carbonyl (C=O) groups is 2. The van der Waals surface area contributed by atoms with Crippen molar-refractivity contribution in [1.82, 2.24) is 0 Å². The van der Waals surface area contributed by atoms with Crippen molar-refractivity contribution in [3.8, 4) is 0 Å². The number of rotatable bonds is 10. The number of methoxy groups -OCH3 is 2. The van der Waals surface area contributed by atoms with Gasteiger partial charge in [-0.05, 0) is 12.8 Å². The number of aliphatic hydroxyl groups is 1. The molecule has 0 saturated carbocycles. The SMILES string of the molecule is COC(=O)CSCC(CCCO)SCC(=O)OC. The van der Waals surface area contributed by atoms with Crippen LogP contribution in [0.25, 0.3) is 0 Å². The average Bonchev–Trinajstić information content (AvgIpc) is 2.40. The van der Waals surface area contributed by atoms with Crippen LogP contribution in [0.15, 0.2) is 0 Å². The summed E-state index contributed by atoms with van der Waals surface area (Å²) in [5.41, 5.74) is 0. The monoisotopic (exact) mass is 296 g/mol. The Bertz CT molecular complexity index is 248. The molecule has 0 aliphatic carbocycles. The van der Waals surface area contributed by atoms with E-state index in [9.17, 15) is 9.59 Å². The van der Waals surface area contributed by atoms with E-state index in [0.717, 1.165) is 12.2 Å². The maximum absolute atomic E-state index is 11.0. The fourth-order valence-electron chi connectivity index (χ4n) is 1.11. The van der Waals surface area contributed by atoms with Crippen LogP contribution in [0, 0.1) is 0 Å². The van der Waals surface area contributed by atoms with Crippen molar-refractivity contribution < 1.29 is 24.2 Å². The van der Waals surface area contributed by atoms with Gasteiger partial charge in [-0.3, -0.25) is 9.59 Å². The third-order valence-corrected chi connectivity index (χ3v) is 4.67. The van der Waals surface area contributed by atoms with Gasteiger partial charge < -0.3 is 14.6 Å². The lowest BCUT2D eigenvalue weighted by molar-refractivity contribution is -0.138. The van der Waals surface area contributed by atoms with Crippen molar-refractivity contribution in [1.29, 1.82) is 0 Å². The normalized spacial score (nSPS) is 11.9. The zero-order valence-corrected chi connectivity index (χ0v) is 12.3. The van der Waals surface area contributed by atoms with Gasteiger partial charge in [-0.15, -0.1) is 23.5 Å². The Morgan fingerprint density at radius 3 is 2.33 bits per heavy atom. The molecule has 5 nitrogen and oxygen atoms in total. The summed E-state index contributed by atoms with van der Waals surface area (Å²) >= 11 is 2.97. The summed E-state index contributed by atoms with van der Waals surface area (Å²) in [5.74, 6) is 0.846. The quantitative estimate of drug-likeness (QED) is 0.601. The minimum absolute atomic E-state index is 0.136. The molecule has 0 fully saturated rings. The second kappa shape index (κ2) is 11.7. The van der Waals surface area contributed by atoms with Crippen molar-refractivity contribution in [3.05, 3.63) is 0 Å². The van der Waals surface area contributed by atoms with Gasteiger partial charge in [0, 0.05) is 17.6 Å². The second-order valence-corrected chi connectivity index (χ2v) is 5.79. The van der Waals surface area contributed by atoms with Gasteiger partial charge in [-0.25, -0.2) is 0 Å².